The van der Waals surface area contributed by atoms with Gasteiger partial charge in [0.05, 0.1) is 10.9 Å². The van der Waals surface area contributed by atoms with Crippen molar-refractivity contribution in [2.45, 2.75) is 6.10 Å². The number of benzene rings is 3. The van der Waals surface area contributed by atoms with Crippen LogP contribution < -0.4 is 4.98 Å². The summed E-state index contributed by atoms with van der Waals surface area (Å²) in [5.74, 6) is -1.31. The number of halogens is 1. The smallest absolute Gasteiger partial charge is 0.342 e. The van der Waals surface area contributed by atoms with Crippen molar-refractivity contribution in [2.75, 3.05) is 0 Å². The number of carbonyl (C=O) groups excluding carboxylic acids is 1. The van der Waals surface area contributed by atoms with E-state index < -0.39 is 17.9 Å². The van der Waals surface area contributed by atoms with Crippen LogP contribution in [0.25, 0.3) is 10.8 Å². The Balaban J connectivity index is 1.81. The van der Waals surface area contributed by atoms with Gasteiger partial charge in [0.25, 0.3) is 0 Å². The minimum atomic E-state index is -0.705. The number of rotatable bonds is 4. The summed E-state index contributed by atoms with van der Waals surface area (Å²) in [6.45, 7) is 0. The maximum atomic E-state index is 14.0. The van der Waals surface area contributed by atoms with Crippen molar-refractivity contribution in [3.63, 3.8) is 0 Å². The van der Waals surface area contributed by atoms with Crippen molar-refractivity contribution in [1.82, 2.24) is 0 Å². The molecular weight excluding hydrogens is 341 g/mol. The molecule has 4 aromatic rings. The van der Waals surface area contributed by atoms with Gasteiger partial charge in [0.2, 0.25) is 11.8 Å². The fourth-order valence-corrected chi connectivity index (χ4v) is 3.12. The molecule has 3 nitrogen and oxygen atoms in total. The minimum absolute atomic E-state index is 0.0846. The number of carbonyl (C=O) groups is 1. The van der Waals surface area contributed by atoms with E-state index in [2.05, 4.69) is 4.98 Å². The molecule has 1 aromatic heterocycles. The Morgan fingerprint density at radius 1 is 0.852 bits per heavy atom. The predicted molar refractivity (Wildman–Crippen MR) is 101 cm³/mol. The topological polar surface area (TPSA) is 40.4 Å². The van der Waals surface area contributed by atoms with Gasteiger partial charge in [-0.1, -0.05) is 60.7 Å². The van der Waals surface area contributed by atoms with Crippen LogP contribution in [0.1, 0.15) is 27.7 Å². The van der Waals surface area contributed by atoms with E-state index in [0.717, 1.165) is 22.0 Å². The molecular formula is C23H17FNO2+. The van der Waals surface area contributed by atoms with Crippen LogP contribution in [0.15, 0.2) is 91.1 Å². The lowest BCUT2D eigenvalue weighted by Crippen LogP contribution is -2.22. The number of aromatic amines is 1. The Kier molecular flexibility index (Phi) is 4.62. The molecule has 1 heterocycles. The van der Waals surface area contributed by atoms with E-state index in [0.29, 0.717) is 0 Å². The van der Waals surface area contributed by atoms with Crippen LogP contribution in [0, 0.1) is 5.82 Å². The summed E-state index contributed by atoms with van der Waals surface area (Å²) in [6, 6.07) is 25.0. The molecule has 0 aliphatic heterocycles. The van der Waals surface area contributed by atoms with Crippen molar-refractivity contribution in [3.05, 3.63) is 114 Å². The number of nitrogens with one attached hydrogen (secondary N) is 1. The largest absolute Gasteiger partial charge is 0.442 e. The van der Waals surface area contributed by atoms with Gasteiger partial charge in [-0.2, -0.15) is 0 Å². The Morgan fingerprint density at radius 3 is 2.37 bits per heavy atom. The molecule has 4 heteroatoms. The first-order chi connectivity index (χ1) is 13.2. The van der Waals surface area contributed by atoms with E-state index in [1.807, 2.05) is 66.9 Å². The average molecular weight is 358 g/mol. The predicted octanol–water partition coefficient (Wildman–Crippen LogP) is 4.74. The van der Waals surface area contributed by atoms with E-state index in [1.165, 1.54) is 12.1 Å². The highest BCUT2D eigenvalue weighted by Gasteiger charge is 2.28. The normalized spacial score (nSPS) is 11.9. The second-order valence-electron chi connectivity index (χ2n) is 6.15. The number of H-pyrrole nitrogens is 1. The van der Waals surface area contributed by atoms with Gasteiger partial charge >= 0.3 is 5.97 Å². The zero-order valence-electron chi connectivity index (χ0n) is 14.4. The van der Waals surface area contributed by atoms with Gasteiger partial charge in [0, 0.05) is 11.6 Å². The zero-order valence-corrected chi connectivity index (χ0v) is 14.4. The average Bonchev–Trinajstić information content (AvgIpc) is 2.72. The molecule has 0 amide bonds. The quantitative estimate of drug-likeness (QED) is 0.495. The van der Waals surface area contributed by atoms with Crippen molar-refractivity contribution in [1.29, 1.82) is 0 Å². The van der Waals surface area contributed by atoms with Gasteiger partial charge in [-0.3, -0.25) is 0 Å². The summed E-state index contributed by atoms with van der Waals surface area (Å²) in [4.78, 5) is 15.9. The second kappa shape index (κ2) is 7.38. The maximum Gasteiger partial charge on any atom is 0.342 e. The fourth-order valence-electron chi connectivity index (χ4n) is 3.12. The van der Waals surface area contributed by atoms with E-state index in [1.54, 1.807) is 12.1 Å². The standard InChI is InChI=1S/C23H16FNO2/c24-20-13-7-6-12-19(20)23(26)27-22(17-9-2-1-3-10-17)21-18-11-5-4-8-16(18)14-15-25-21/h1-15,22H/p+1. The molecule has 3 aromatic carbocycles. The van der Waals surface area contributed by atoms with Crippen LogP contribution in [-0.4, -0.2) is 5.97 Å². The molecule has 0 aliphatic rings. The molecule has 0 saturated carbocycles. The molecule has 0 bridgehead atoms. The third-order valence-electron chi connectivity index (χ3n) is 4.44. The van der Waals surface area contributed by atoms with Gasteiger partial charge < -0.3 is 4.74 Å². The summed E-state index contributed by atoms with van der Waals surface area (Å²) in [5, 5.41) is 1.96. The van der Waals surface area contributed by atoms with Gasteiger partial charge in [-0.25, -0.2) is 14.2 Å². The molecule has 27 heavy (non-hydrogen) atoms. The van der Waals surface area contributed by atoms with E-state index in [-0.39, 0.29) is 5.56 Å². The molecule has 132 valence electrons. The van der Waals surface area contributed by atoms with Gasteiger partial charge in [0.1, 0.15) is 5.82 Å². The first-order valence-electron chi connectivity index (χ1n) is 8.64. The number of hydrogen-bond donors (Lipinski definition) is 0. The number of aromatic nitrogens is 1. The van der Waals surface area contributed by atoms with E-state index in [4.69, 9.17) is 4.74 Å². The lowest BCUT2D eigenvalue weighted by atomic mass is 10.0. The Labute approximate surface area is 156 Å². The summed E-state index contributed by atoms with van der Waals surface area (Å²) in [5.41, 5.74) is 1.46. The first-order valence-corrected chi connectivity index (χ1v) is 8.64. The van der Waals surface area contributed by atoms with Crippen molar-refractivity contribution in [2.24, 2.45) is 0 Å². The molecule has 0 radical (unpaired) electrons. The molecule has 1 unspecified atom stereocenters. The first kappa shape index (κ1) is 16.9. The van der Waals surface area contributed by atoms with Crippen LogP contribution in [0.3, 0.4) is 0 Å². The number of hydrogen-bond acceptors (Lipinski definition) is 2. The Bertz CT molecular complexity index is 1090. The lowest BCUT2D eigenvalue weighted by molar-refractivity contribution is -0.395. The molecule has 0 aliphatic carbocycles. The van der Waals surface area contributed by atoms with Crippen LogP contribution in [0.4, 0.5) is 4.39 Å². The molecule has 0 spiro atoms. The Morgan fingerprint density at radius 2 is 1.56 bits per heavy atom. The van der Waals surface area contributed by atoms with E-state index in [9.17, 15) is 9.18 Å². The monoisotopic (exact) mass is 358 g/mol. The van der Waals surface area contributed by atoms with Crippen LogP contribution in [0.5, 0.6) is 0 Å². The fraction of sp³-hybridized carbons (Fsp3) is 0.0435. The van der Waals surface area contributed by atoms with Crippen LogP contribution in [-0.2, 0) is 4.74 Å². The van der Waals surface area contributed by atoms with Gasteiger partial charge in [-0.15, -0.1) is 0 Å². The number of fused-ring (bicyclic) bond motifs is 1. The third kappa shape index (κ3) is 3.42. The van der Waals surface area contributed by atoms with E-state index >= 15 is 0 Å². The summed E-state index contributed by atoms with van der Waals surface area (Å²) in [7, 11) is 0. The van der Waals surface area contributed by atoms with Crippen molar-refractivity contribution in [3.8, 4) is 0 Å². The SMILES string of the molecule is O=C(OC(c1ccccc1)c1[nH+]ccc2ccccc12)c1ccccc1F. The van der Waals surface area contributed by atoms with Crippen LogP contribution in [0.2, 0.25) is 0 Å². The van der Waals surface area contributed by atoms with Crippen molar-refractivity contribution < 1.29 is 18.9 Å². The molecule has 1 atom stereocenters. The highest BCUT2D eigenvalue weighted by molar-refractivity contribution is 5.90. The number of ether oxygens (including phenoxy) is 1. The molecule has 0 saturated heterocycles. The zero-order chi connectivity index (χ0) is 18.6. The lowest BCUT2D eigenvalue weighted by Gasteiger charge is -2.16. The summed E-state index contributed by atoms with van der Waals surface area (Å²) in [6.07, 6.45) is 1.12. The minimum Gasteiger partial charge on any atom is -0.442 e. The third-order valence-corrected chi connectivity index (χ3v) is 4.44. The Hall–Kier alpha value is -3.53. The molecule has 1 N–H and O–H groups in total. The van der Waals surface area contributed by atoms with Crippen molar-refractivity contribution >= 4 is 16.7 Å². The van der Waals surface area contributed by atoms with Crippen LogP contribution >= 0.6 is 0 Å². The van der Waals surface area contributed by atoms with Gasteiger partial charge in [-0.05, 0) is 23.6 Å². The summed E-state index contributed by atoms with van der Waals surface area (Å²) < 4.78 is 19.8. The highest BCUT2D eigenvalue weighted by Crippen LogP contribution is 2.29. The summed E-state index contributed by atoms with van der Waals surface area (Å²) >= 11 is 0. The maximum absolute atomic E-state index is 14.0. The highest BCUT2D eigenvalue weighted by atomic mass is 19.1. The van der Waals surface area contributed by atoms with Gasteiger partial charge in [0.15, 0.2) is 6.20 Å². The second-order valence-corrected chi connectivity index (χ2v) is 6.15. The number of pyridine rings is 1. The molecule has 4 rings (SSSR count). The number of esters is 1. The molecule has 0 fully saturated rings.